The van der Waals surface area contributed by atoms with Crippen molar-refractivity contribution in [3.63, 3.8) is 0 Å². The quantitative estimate of drug-likeness (QED) is 0.769. The van der Waals surface area contributed by atoms with Gasteiger partial charge in [0.25, 0.3) is 0 Å². The summed E-state index contributed by atoms with van der Waals surface area (Å²) in [4.78, 5) is 21.3. The summed E-state index contributed by atoms with van der Waals surface area (Å²) in [5.41, 5.74) is -0.451. The number of halogens is 1. The summed E-state index contributed by atoms with van der Waals surface area (Å²) in [6.45, 7) is 7.62. The number of ether oxygens (including phenoxy) is 2. The van der Waals surface area contributed by atoms with E-state index in [4.69, 9.17) is 9.47 Å². The first-order valence-electron chi connectivity index (χ1n) is 8.42. The van der Waals surface area contributed by atoms with Crippen LogP contribution in [0.5, 0.6) is 6.01 Å². The monoisotopic (exact) mass is 339 g/mol. The zero-order valence-electron chi connectivity index (χ0n) is 14.6. The van der Waals surface area contributed by atoms with Crippen LogP contribution in [0.2, 0.25) is 0 Å². The zero-order chi connectivity index (χ0) is 17.6. The number of carbonyl (C=O) groups excluding carboxylic acids is 1. The maximum atomic E-state index is 12.7. The number of hydrogen-bond donors (Lipinski definition) is 0. The maximum absolute atomic E-state index is 12.7. The van der Waals surface area contributed by atoms with Crippen molar-refractivity contribution in [2.45, 2.75) is 52.1 Å². The largest absolute Gasteiger partial charge is 0.463 e. The van der Waals surface area contributed by atoms with E-state index in [1.54, 1.807) is 4.90 Å². The van der Waals surface area contributed by atoms with Crippen LogP contribution in [-0.4, -0.2) is 46.3 Å². The fourth-order valence-corrected chi connectivity index (χ4v) is 2.64. The van der Waals surface area contributed by atoms with Crippen molar-refractivity contribution in [3.05, 3.63) is 18.2 Å². The van der Waals surface area contributed by atoms with Crippen LogP contribution in [0.4, 0.5) is 9.18 Å². The lowest BCUT2D eigenvalue weighted by Crippen LogP contribution is -2.41. The zero-order valence-corrected chi connectivity index (χ0v) is 14.6. The van der Waals surface area contributed by atoms with E-state index in [1.165, 1.54) is 0 Å². The van der Waals surface area contributed by atoms with E-state index in [-0.39, 0.29) is 12.1 Å². The third-order valence-corrected chi connectivity index (χ3v) is 3.85. The Balaban J connectivity index is 1.61. The molecule has 6 nitrogen and oxygen atoms in total. The molecule has 0 bridgehead atoms. The van der Waals surface area contributed by atoms with Crippen LogP contribution in [0.25, 0.3) is 0 Å². The van der Waals surface area contributed by atoms with Gasteiger partial charge in [-0.3, -0.25) is 0 Å². The summed E-state index contributed by atoms with van der Waals surface area (Å²) < 4.78 is 23.5. The normalized spacial score (nSPS) is 16.1. The fourth-order valence-electron chi connectivity index (χ4n) is 2.64. The second-order valence-electron chi connectivity index (χ2n) is 7.09. The first kappa shape index (κ1) is 18.4. The van der Waals surface area contributed by atoms with Crippen molar-refractivity contribution < 1.29 is 18.7 Å². The summed E-state index contributed by atoms with van der Waals surface area (Å²) in [7, 11) is 0. The highest BCUT2D eigenvalue weighted by atomic mass is 19.1. The summed E-state index contributed by atoms with van der Waals surface area (Å²) in [6.07, 6.45) is 5.83. The molecular weight excluding hydrogens is 313 g/mol. The van der Waals surface area contributed by atoms with E-state index in [2.05, 4.69) is 9.97 Å². The van der Waals surface area contributed by atoms with Crippen LogP contribution in [0.1, 0.15) is 46.5 Å². The Morgan fingerprint density at radius 2 is 1.92 bits per heavy atom. The minimum atomic E-state index is -0.473. The van der Waals surface area contributed by atoms with Gasteiger partial charge in [-0.25, -0.2) is 19.2 Å². The smallest absolute Gasteiger partial charge is 0.410 e. The molecule has 0 atom stereocenters. The number of carbonyl (C=O) groups is 1. The van der Waals surface area contributed by atoms with Crippen molar-refractivity contribution in [3.8, 4) is 6.01 Å². The van der Waals surface area contributed by atoms with Gasteiger partial charge in [-0.15, -0.1) is 0 Å². The Hall–Kier alpha value is -1.92. The van der Waals surface area contributed by atoms with E-state index in [1.807, 2.05) is 20.8 Å². The fraction of sp³-hybridized carbons (Fsp3) is 0.706. The Morgan fingerprint density at radius 1 is 1.29 bits per heavy atom. The number of amides is 1. The van der Waals surface area contributed by atoms with Crippen LogP contribution in [0.15, 0.2) is 12.4 Å². The van der Waals surface area contributed by atoms with E-state index < -0.39 is 11.4 Å². The van der Waals surface area contributed by atoms with Crippen LogP contribution in [0.3, 0.4) is 0 Å². The molecule has 1 amide bonds. The van der Waals surface area contributed by atoms with Crippen LogP contribution < -0.4 is 4.74 Å². The predicted molar refractivity (Wildman–Crippen MR) is 87.3 cm³/mol. The molecule has 1 aliphatic heterocycles. The van der Waals surface area contributed by atoms with Crippen LogP contribution >= 0.6 is 0 Å². The van der Waals surface area contributed by atoms with Crippen LogP contribution in [0, 0.1) is 11.7 Å². The molecule has 2 heterocycles. The molecule has 1 fully saturated rings. The molecule has 1 aromatic heterocycles. The summed E-state index contributed by atoms with van der Waals surface area (Å²) in [5.74, 6) is 0.112. The Kier molecular flexibility index (Phi) is 6.34. The molecule has 7 heteroatoms. The molecule has 0 saturated carbocycles. The van der Waals surface area contributed by atoms with E-state index in [0.29, 0.717) is 12.5 Å². The topological polar surface area (TPSA) is 64.5 Å². The van der Waals surface area contributed by atoms with Gasteiger partial charge in [0.2, 0.25) is 0 Å². The van der Waals surface area contributed by atoms with Gasteiger partial charge < -0.3 is 14.4 Å². The Bertz CT molecular complexity index is 523. The summed E-state index contributed by atoms with van der Waals surface area (Å²) in [5, 5.41) is 0. The maximum Gasteiger partial charge on any atom is 0.410 e. The third kappa shape index (κ3) is 6.29. The van der Waals surface area contributed by atoms with Crippen molar-refractivity contribution in [1.29, 1.82) is 0 Å². The highest BCUT2D eigenvalue weighted by Gasteiger charge is 2.26. The van der Waals surface area contributed by atoms with Gasteiger partial charge >= 0.3 is 12.1 Å². The number of aromatic nitrogens is 2. The number of hydrogen-bond acceptors (Lipinski definition) is 5. The Labute approximate surface area is 142 Å². The minimum Gasteiger partial charge on any atom is -0.463 e. The van der Waals surface area contributed by atoms with E-state index in [0.717, 1.165) is 51.2 Å². The van der Waals surface area contributed by atoms with Gasteiger partial charge in [-0.2, -0.15) is 0 Å². The van der Waals surface area contributed by atoms with E-state index in [9.17, 15) is 9.18 Å². The van der Waals surface area contributed by atoms with Crippen molar-refractivity contribution in [2.24, 2.45) is 5.92 Å². The lowest BCUT2D eigenvalue weighted by molar-refractivity contribution is 0.0179. The molecule has 1 aliphatic rings. The summed E-state index contributed by atoms with van der Waals surface area (Å²) >= 11 is 0. The molecule has 134 valence electrons. The van der Waals surface area contributed by atoms with Gasteiger partial charge in [0.15, 0.2) is 5.82 Å². The second-order valence-corrected chi connectivity index (χ2v) is 7.09. The number of nitrogens with zero attached hydrogens (tertiary/aromatic N) is 3. The molecule has 0 aliphatic carbocycles. The highest BCUT2D eigenvalue weighted by Crippen LogP contribution is 2.23. The molecular formula is C17H26FN3O3. The Morgan fingerprint density at radius 3 is 2.50 bits per heavy atom. The lowest BCUT2D eigenvalue weighted by Gasteiger charge is -2.33. The average molecular weight is 339 g/mol. The molecule has 1 saturated heterocycles. The van der Waals surface area contributed by atoms with Gasteiger partial charge in [0, 0.05) is 13.1 Å². The summed E-state index contributed by atoms with van der Waals surface area (Å²) in [6, 6.07) is 0.205. The number of rotatable bonds is 5. The molecule has 2 rings (SSSR count). The first-order chi connectivity index (χ1) is 11.3. The molecule has 0 aromatic carbocycles. The second kappa shape index (κ2) is 8.26. The molecule has 0 spiro atoms. The highest BCUT2D eigenvalue weighted by molar-refractivity contribution is 5.68. The lowest BCUT2D eigenvalue weighted by atomic mass is 9.92. The SMILES string of the molecule is CC(C)(C)OC(=O)N1CCC(CCCOc2ncc(F)cn2)CC1. The molecule has 24 heavy (non-hydrogen) atoms. The molecule has 0 N–H and O–H groups in total. The van der Waals surface area contributed by atoms with Crippen molar-refractivity contribution in [1.82, 2.24) is 14.9 Å². The molecule has 1 aromatic rings. The average Bonchev–Trinajstić information content (AvgIpc) is 2.52. The minimum absolute atomic E-state index is 0.205. The van der Waals surface area contributed by atoms with Crippen molar-refractivity contribution >= 4 is 6.09 Å². The molecule has 0 radical (unpaired) electrons. The van der Waals surface area contributed by atoms with Gasteiger partial charge in [0.1, 0.15) is 5.60 Å². The van der Waals surface area contributed by atoms with Gasteiger partial charge in [0.05, 0.1) is 19.0 Å². The first-order valence-corrected chi connectivity index (χ1v) is 8.42. The van der Waals surface area contributed by atoms with Gasteiger partial charge in [-0.1, -0.05) is 0 Å². The van der Waals surface area contributed by atoms with Gasteiger partial charge in [-0.05, 0) is 52.4 Å². The van der Waals surface area contributed by atoms with E-state index >= 15 is 0 Å². The number of piperidine rings is 1. The third-order valence-electron chi connectivity index (χ3n) is 3.85. The number of likely N-dealkylation sites (tertiary alicyclic amines) is 1. The predicted octanol–water partition coefficient (Wildman–Crippen LogP) is 3.42. The standard InChI is InChI=1S/C17H26FN3O3/c1-17(2,3)24-16(22)21-8-6-13(7-9-21)5-4-10-23-15-19-11-14(18)12-20-15/h11-13H,4-10H2,1-3H3. The van der Waals surface area contributed by atoms with Crippen molar-refractivity contribution in [2.75, 3.05) is 19.7 Å². The molecule has 0 unspecified atom stereocenters. The van der Waals surface area contributed by atoms with Crippen LogP contribution in [-0.2, 0) is 4.74 Å².